The summed E-state index contributed by atoms with van der Waals surface area (Å²) in [7, 11) is 0. The van der Waals surface area contributed by atoms with E-state index in [0.29, 0.717) is 23.9 Å². The van der Waals surface area contributed by atoms with Gasteiger partial charge in [-0.3, -0.25) is 19.4 Å². The molecule has 4 rings (SSSR count). The summed E-state index contributed by atoms with van der Waals surface area (Å²) in [6, 6.07) is 13.3. The predicted molar refractivity (Wildman–Crippen MR) is 110 cm³/mol. The van der Waals surface area contributed by atoms with E-state index in [1.165, 1.54) is 11.3 Å². The number of thiazole rings is 1. The molecule has 8 heteroatoms. The molecule has 27 heavy (non-hydrogen) atoms. The van der Waals surface area contributed by atoms with E-state index in [4.69, 9.17) is 0 Å². The van der Waals surface area contributed by atoms with Crippen molar-refractivity contribution in [2.45, 2.75) is 20.0 Å². The first-order chi connectivity index (χ1) is 13.2. The Morgan fingerprint density at radius 2 is 2.11 bits per heavy atom. The van der Waals surface area contributed by atoms with E-state index in [0.717, 1.165) is 20.4 Å². The van der Waals surface area contributed by atoms with Crippen LogP contribution in [0.2, 0.25) is 0 Å². The van der Waals surface area contributed by atoms with Gasteiger partial charge in [0.1, 0.15) is 5.69 Å². The first kappa shape index (κ1) is 17.8. The maximum Gasteiger partial charge on any atom is 0.278 e. The molecule has 3 aromatic heterocycles. The summed E-state index contributed by atoms with van der Waals surface area (Å²) in [5.74, 6) is -0.141. The molecule has 3 heterocycles. The van der Waals surface area contributed by atoms with Gasteiger partial charge in [-0.15, -0.1) is 0 Å². The molecule has 0 aliphatic carbocycles. The summed E-state index contributed by atoms with van der Waals surface area (Å²) in [4.78, 5) is 24.1. The van der Waals surface area contributed by atoms with Crippen LogP contribution in [0.25, 0.3) is 10.2 Å². The van der Waals surface area contributed by atoms with Crippen LogP contribution in [0.5, 0.6) is 0 Å². The lowest BCUT2D eigenvalue weighted by Gasteiger charge is -2.19. The summed E-state index contributed by atoms with van der Waals surface area (Å²) in [5.41, 5.74) is 2.20. The number of carbonyl (C=O) groups is 1. The van der Waals surface area contributed by atoms with Gasteiger partial charge in [-0.25, -0.2) is 4.98 Å². The number of aryl methyl sites for hydroxylation is 1. The summed E-state index contributed by atoms with van der Waals surface area (Å²) in [5, 5.41) is 4.86. The lowest BCUT2D eigenvalue weighted by Crippen LogP contribution is -2.32. The number of aromatic nitrogens is 4. The lowest BCUT2D eigenvalue weighted by molar-refractivity contribution is 0.0974. The zero-order chi connectivity index (χ0) is 18.8. The summed E-state index contributed by atoms with van der Waals surface area (Å²) in [6.45, 7) is 2.93. The van der Waals surface area contributed by atoms with Crippen molar-refractivity contribution in [2.24, 2.45) is 0 Å². The van der Waals surface area contributed by atoms with Crippen LogP contribution in [0.1, 0.15) is 23.1 Å². The van der Waals surface area contributed by atoms with Crippen LogP contribution >= 0.6 is 27.3 Å². The average Bonchev–Trinajstić information content (AvgIpc) is 3.32. The van der Waals surface area contributed by atoms with Gasteiger partial charge in [-0.2, -0.15) is 5.10 Å². The largest absolute Gasteiger partial charge is 0.278 e. The second-order valence-corrected chi connectivity index (χ2v) is 7.78. The molecule has 1 amide bonds. The molecule has 0 saturated carbocycles. The van der Waals surface area contributed by atoms with Gasteiger partial charge in [-0.05, 0) is 43.3 Å². The van der Waals surface area contributed by atoms with Crippen molar-refractivity contribution in [1.82, 2.24) is 19.7 Å². The second-order valence-electron chi connectivity index (χ2n) is 5.85. The maximum absolute atomic E-state index is 13.3. The van der Waals surface area contributed by atoms with Crippen molar-refractivity contribution >= 4 is 48.5 Å². The van der Waals surface area contributed by atoms with Crippen molar-refractivity contribution in [3.05, 3.63) is 70.7 Å². The minimum Gasteiger partial charge on any atom is -0.277 e. The fraction of sp³-hybridized carbons (Fsp3) is 0.158. The molecule has 0 aliphatic heterocycles. The summed E-state index contributed by atoms with van der Waals surface area (Å²) < 4.78 is 3.69. The van der Waals surface area contributed by atoms with E-state index in [9.17, 15) is 4.79 Å². The van der Waals surface area contributed by atoms with Crippen LogP contribution in [-0.2, 0) is 13.1 Å². The fourth-order valence-corrected chi connectivity index (χ4v) is 4.30. The van der Waals surface area contributed by atoms with E-state index >= 15 is 0 Å². The van der Waals surface area contributed by atoms with Gasteiger partial charge in [0.05, 0.1) is 22.5 Å². The number of halogens is 1. The number of hydrogen-bond donors (Lipinski definition) is 0. The molecular formula is C19H16BrN5OS. The van der Waals surface area contributed by atoms with Crippen LogP contribution in [-0.4, -0.2) is 25.7 Å². The molecule has 136 valence electrons. The molecule has 0 fully saturated rings. The third-order valence-corrected chi connectivity index (χ3v) is 5.63. The van der Waals surface area contributed by atoms with Crippen LogP contribution in [0, 0.1) is 0 Å². The Bertz CT molecular complexity index is 1090. The van der Waals surface area contributed by atoms with Crippen LogP contribution in [0.3, 0.4) is 0 Å². The molecule has 0 spiro atoms. The van der Waals surface area contributed by atoms with Gasteiger partial charge < -0.3 is 0 Å². The van der Waals surface area contributed by atoms with Crippen LogP contribution in [0.15, 0.2) is 59.3 Å². The van der Waals surface area contributed by atoms with Crippen molar-refractivity contribution in [3.63, 3.8) is 0 Å². The lowest BCUT2D eigenvalue weighted by atomic mass is 10.3. The molecule has 6 nitrogen and oxygen atoms in total. The van der Waals surface area contributed by atoms with Crippen molar-refractivity contribution in [1.29, 1.82) is 0 Å². The number of hydrogen-bond acceptors (Lipinski definition) is 5. The first-order valence-corrected chi connectivity index (χ1v) is 10.1. The van der Waals surface area contributed by atoms with Crippen molar-refractivity contribution < 1.29 is 4.79 Å². The van der Waals surface area contributed by atoms with Gasteiger partial charge in [0.25, 0.3) is 5.91 Å². The number of anilines is 1. The quantitative estimate of drug-likeness (QED) is 0.456. The number of benzene rings is 1. The number of fused-ring (bicyclic) bond motifs is 1. The maximum atomic E-state index is 13.3. The van der Waals surface area contributed by atoms with E-state index < -0.39 is 0 Å². The Balaban J connectivity index is 1.78. The smallest absolute Gasteiger partial charge is 0.277 e. The third-order valence-electron chi connectivity index (χ3n) is 4.10. The Morgan fingerprint density at radius 1 is 1.22 bits per heavy atom. The highest BCUT2D eigenvalue weighted by Gasteiger charge is 2.24. The van der Waals surface area contributed by atoms with Crippen molar-refractivity contribution in [3.8, 4) is 0 Å². The molecule has 1 aromatic carbocycles. The molecule has 0 bridgehead atoms. The van der Waals surface area contributed by atoms with E-state index in [1.54, 1.807) is 28.0 Å². The van der Waals surface area contributed by atoms with Gasteiger partial charge in [0.15, 0.2) is 5.13 Å². The monoisotopic (exact) mass is 441 g/mol. The molecule has 0 radical (unpaired) electrons. The molecule has 4 aromatic rings. The predicted octanol–water partition coefficient (Wildman–Crippen LogP) is 4.52. The standard InChI is InChI=1S/C19H16BrN5OS/c1-2-25-16(8-10-22-25)18(26)24(12-14-5-3-4-9-21-14)19-23-15-7-6-13(20)11-17(15)27-19/h3-11H,2,12H2,1H3. The van der Waals surface area contributed by atoms with E-state index in [2.05, 4.69) is 31.0 Å². The second kappa shape index (κ2) is 7.58. The highest BCUT2D eigenvalue weighted by Crippen LogP contribution is 2.32. The molecular weight excluding hydrogens is 426 g/mol. The Kier molecular flexibility index (Phi) is 5.00. The zero-order valence-electron chi connectivity index (χ0n) is 14.5. The Labute approximate surface area is 168 Å². The highest BCUT2D eigenvalue weighted by atomic mass is 79.9. The number of rotatable bonds is 5. The Morgan fingerprint density at radius 3 is 2.89 bits per heavy atom. The minimum atomic E-state index is -0.141. The fourth-order valence-electron chi connectivity index (χ4n) is 2.79. The van der Waals surface area contributed by atoms with Gasteiger partial charge >= 0.3 is 0 Å². The average molecular weight is 442 g/mol. The minimum absolute atomic E-state index is 0.141. The molecule has 0 aliphatic rings. The number of amides is 1. The molecule has 0 atom stereocenters. The Hall–Kier alpha value is -2.58. The highest BCUT2D eigenvalue weighted by molar-refractivity contribution is 9.10. The van der Waals surface area contributed by atoms with Crippen molar-refractivity contribution in [2.75, 3.05) is 4.90 Å². The van der Waals surface area contributed by atoms with Gasteiger partial charge in [0, 0.05) is 23.4 Å². The van der Waals surface area contributed by atoms with Crippen LogP contribution in [0.4, 0.5) is 5.13 Å². The molecule has 0 N–H and O–H groups in total. The normalized spacial score (nSPS) is 11.0. The SMILES string of the molecule is CCn1nccc1C(=O)N(Cc1ccccn1)c1nc2ccc(Br)cc2s1. The number of pyridine rings is 1. The molecule has 0 unspecified atom stereocenters. The topological polar surface area (TPSA) is 63.9 Å². The van der Waals surface area contributed by atoms with Gasteiger partial charge in [-0.1, -0.05) is 33.3 Å². The summed E-state index contributed by atoms with van der Waals surface area (Å²) >= 11 is 4.97. The van der Waals surface area contributed by atoms with Crippen LogP contribution < -0.4 is 4.90 Å². The van der Waals surface area contributed by atoms with Gasteiger partial charge in [0.2, 0.25) is 0 Å². The summed E-state index contributed by atoms with van der Waals surface area (Å²) in [6.07, 6.45) is 3.37. The van der Waals surface area contributed by atoms with E-state index in [-0.39, 0.29) is 5.91 Å². The number of nitrogens with zero attached hydrogens (tertiary/aromatic N) is 5. The number of carbonyl (C=O) groups excluding carboxylic acids is 1. The van der Waals surface area contributed by atoms with E-state index in [1.807, 2.05) is 43.3 Å². The zero-order valence-corrected chi connectivity index (χ0v) is 16.9. The molecule has 0 saturated heterocycles. The first-order valence-electron chi connectivity index (χ1n) is 8.45. The third kappa shape index (κ3) is 3.63.